The Hall–Kier alpha value is -4.12. The van der Waals surface area contributed by atoms with E-state index in [9.17, 15) is 12.8 Å². The lowest BCUT2D eigenvalue weighted by Gasteiger charge is -2.17. The molecule has 0 amide bonds. The minimum absolute atomic E-state index is 0.0547. The highest BCUT2D eigenvalue weighted by Gasteiger charge is 2.30. The molecule has 200 valence electrons. The van der Waals surface area contributed by atoms with Gasteiger partial charge in [0.2, 0.25) is 5.89 Å². The molecule has 39 heavy (non-hydrogen) atoms. The average Bonchev–Trinajstić information content (AvgIpc) is 3.50. The first-order valence-electron chi connectivity index (χ1n) is 12.6. The second-order valence-electron chi connectivity index (χ2n) is 10.9. The number of aromatic nitrogens is 5. The Kier molecular flexibility index (Phi) is 5.79. The molecule has 1 fully saturated rings. The van der Waals surface area contributed by atoms with Gasteiger partial charge in [0.15, 0.2) is 11.6 Å². The molecule has 3 heterocycles. The molecule has 9 nitrogen and oxygen atoms in total. The summed E-state index contributed by atoms with van der Waals surface area (Å²) in [4.78, 5) is 8.91. The summed E-state index contributed by atoms with van der Waals surface area (Å²) in [5.74, 6) is 0.114. The van der Waals surface area contributed by atoms with E-state index in [0.29, 0.717) is 27.7 Å². The molecule has 6 rings (SSSR count). The summed E-state index contributed by atoms with van der Waals surface area (Å²) in [6.07, 6.45) is 4.38. The van der Waals surface area contributed by atoms with Crippen LogP contribution in [-0.4, -0.2) is 38.1 Å². The molecule has 0 saturated heterocycles. The predicted octanol–water partition coefficient (Wildman–Crippen LogP) is 5.92. The first-order valence-corrected chi connectivity index (χ1v) is 14.1. The van der Waals surface area contributed by atoms with Crippen LogP contribution < -0.4 is 5.32 Å². The Morgan fingerprint density at radius 2 is 1.82 bits per heavy atom. The Morgan fingerprint density at radius 1 is 1.08 bits per heavy atom. The molecule has 0 atom stereocenters. The molecule has 0 aliphatic heterocycles. The van der Waals surface area contributed by atoms with Gasteiger partial charge >= 0.3 is 6.01 Å². The molecule has 5 aromatic rings. The molecular weight excluding hydrogens is 519 g/mol. The first kappa shape index (κ1) is 25.2. The van der Waals surface area contributed by atoms with Gasteiger partial charge < -0.3 is 9.73 Å². The molecule has 0 radical (unpaired) electrons. The van der Waals surface area contributed by atoms with E-state index >= 15 is 0 Å². The molecule has 0 unspecified atom stereocenters. The summed E-state index contributed by atoms with van der Waals surface area (Å²) in [5.41, 5.74) is 2.49. The molecule has 1 saturated carbocycles. The number of hydrogen-bond acceptors (Lipinski definition) is 8. The van der Waals surface area contributed by atoms with Crippen LogP contribution in [0, 0.1) is 12.7 Å². The molecular formula is C28H27FN6O3S. The number of nitrogens with one attached hydrogen (secondary N) is 1. The van der Waals surface area contributed by atoms with Crippen LogP contribution in [0.1, 0.15) is 50.8 Å². The van der Waals surface area contributed by atoms with Crippen molar-refractivity contribution in [3.05, 3.63) is 71.9 Å². The smallest absolute Gasteiger partial charge is 0.316 e. The molecule has 11 heteroatoms. The predicted molar refractivity (Wildman–Crippen MR) is 145 cm³/mol. The Labute approximate surface area is 225 Å². The van der Waals surface area contributed by atoms with Crippen LogP contribution >= 0.6 is 0 Å². The van der Waals surface area contributed by atoms with Crippen molar-refractivity contribution in [3.8, 4) is 22.8 Å². The maximum atomic E-state index is 14.5. The quantitative estimate of drug-likeness (QED) is 0.279. The third-order valence-electron chi connectivity index (χ3n) is 6.48. The largest absolute Gasteiger partial charge is 0.403 e. The standard InChI is InChI=1S/C28H27FN6O3S/c1-16-5-10-19(11-6-16)39(36,37)35-15-21(25-30-14-22(29)24(31-25)17-7-8-17)20-13-18(9-12-23(20)35)26-33-34-27(38-26)32-28(2,3)4/h5-6,9-15,17H,7-8H2,1-4H3,(H,32,34). The van der Waals surface area contributed by atoms with Crippen LogP contribution in [0.4, 0.5) is 10.4 Å². The highest BCUT2D eigenvalue weighted by molar-refractivity contribution is 7.90. The lowest BCUT2D eigenvalue weighted by Crippen LogP contribution is -2.26. The summed E-state index contributed by atoms with van der Waals surface area (Å²) < 4.78 is 49.0. The average molecular weight is 547 g/mol. The second-order valence-corrected chi connectivity index (χ2v) is 12.7. The number of hydrogen-bond donors (Lipinski definition) is 1. The van der Waals surface area contributed by atoms with Gasteiger partial charge in [-0.2, -0.15) is 0 Å². The van der Waals surface area contributed by atoms with Crippen LogP contribution in [0.2, 0.25) is 0 Å². The van der Waals surface area contributed by atoms with Gasteiger partial charge in [0.05, 0.1) is 22.3 Å². The number of nitrogens with zero attached hydrogens (tertiary/aromatic N) is 5. The number of aryl methyl sites for hydroxylation is 1. The summed E-state index contributed by atoms with van der Waals surface area (Å²) >= 11 is 0. The van der Waals surface area contributed by atoms with E-state index in [1.807, 2.05) is 27.7 Å². The summed E-state index contributed by atoms with van der Waals surface area (Å²) in [6, 6.07) is 12.1. The van der Waals surface area contributed by atoms with Crippen molar-refractivity contribution in [3.63, 3.8) is 0 Å². The van der Waals surface area contributed by atoms with Crippen LogP contribution in [0.3, 0.4) is 0 Å². The lowest BCUT2D eigenvalue weighted by molar-refractivity contribution is 0.538. The molecule has 2 aromatic carbocycles. The normalized spacial score (nSPS) is 14.2. The van der Waals surface area contributed by atoms with E-state index in [2.05, 4.69) is 25.5 Å². The summed E-state index contributed by atoms with van der Waals surface area (Å²) in [7, 11) is -3.96. The van der Waals surface area contributed by atoms with E-state index in [1.54, 1.807) is 42.5 Å². The zero-order valence-electron chi connectivity index (χ0n) is 21.9. The van der Waals surface area contributed by atoms with Crippen LogP contribution in [0.5, 0.6) is 0 Å². The van der Waals surface area contributed by atoms with Gasteiger partial charge in [-0.05, 0) is 70.9 Å². The zero-order valence-corrected chi connectivity index (χ0v) is 22.8. The fraction of sp³-hybridized carbons (Fsp3) is 0.286. The number of benzene rings is 2. The number of halogens is 1. The van der Waals surface area contributed by atoms with Crippen molar-refractivity contribution in [1.29, 1.82) is 0 Å². The van der Waals surface area contributed by atoms with E-state index in [4.69, 9.17) is 4.42 Å². The molecule has 0 spiro atoms. The fourth-order valence-electron chi connectivity index (χ4n) is 4.40. The summed E-state index contributed by atoms with van der Waals surface area (Å²) in [6.45, 7) is 7.82. The van der Waals surface area contributed by atoms with E-state index in [-0.39, 0.29) is 34.1 Å². The highest BCUT2D eigenvalue weighted by Crippen LogP contribution is 2.41. The first-order chi connectivity index (χ1) is 18.5. The monoisotopic (exact) mass is 546 g/mol. The maximum Gasteiger partial charge on any atom is 0.316 e. The van der Waals surface area contributed by atoms with Gasteiger partial charge in [-0.1, -0.05) is 22.8 Å². The minimum atomic E-state index is -3.96. The van der Waals surface area contributed by atoms with Gasteiger partial charge in [-0.15, -0.1) is 5.10 Å². The Morgan fingerprint density at radius 3 is 2.51 bits per heavy atom. The van der Waals surface area contributed by atoms with Gasteiger partial charge in [0.25, 0.3) is 10.0 Å². The van der Waals surface area contributed by atoms with Crippen LogP contribution in [0.25, 0.3) is 33.7 Å². The van der Waals surface area contributed by atoms with Crippen molar-refractivity contribution in [1.82, 2.24) is 24.1 Å². The zero-order chi connectivity index (χ0) is 27.5. The van der Waals surface area contributed by atoms with Crippen LogP contribution in [0.15, 0.2) is 64.2 Å². The van der Waals surface area contributed by atoms with E-state index in [0.717, 1.165) is 24.6 Å². The fourth-order valence-corrected chi connectivity index (χ4v) is 5.77. The van der Waals surface area contributed by atoms with Crippen molar-refractivity contribution >= 4 is 26.9 Å². The topological polar surface area (TPSA) is 116 Å². The van der Waals surface area contributed by atoms with Gasteiger partial charge in [0, 0.05) is 34.2 Å². The van der Waals surface area contributed by atoms with E-state index in [1.165, 1.54) is 10.2 Å². The highest BCUT2D eigenvalue weighted by atomic mass is 32.2. The van der Waals surface area contributed by atoms with Gasteiger partial charge in [0.1, 0.15) is 0 Å². The van der Waals surface area contributed by atoms with Crippen molar-refractivity contribution in [2.75, 3.05) is 5.32 Å². The second kappa shape index (κ2) is 8.98. The third-order valence-corrected chi connectivity index (χ3v) is 8.17. The Balaban J connectivity index is 1.53. The number of fused-ring (bicyclic) bond motifs is 1. The molecule has 3 aromatic heterocycles. The number of rotatable bonds is 6. The minimum Gasteiger partial charge on any atom is -0.403 e. The molecule has 1 N–H and O–H groups in total. The lowest BCUT2D eigenvalue weighted by atomic mass is 10.1. The number of anilines is 1. The van der Waals surface area contributed by atoms with Crippen molar-refractivity contribution in [2.45, 2.75) is 56.9 Å². The molecule has 1 aliphatic rings. The summed E-state index contributed by atoms with van der Waals surface area (Å²) in [5, 5.41) is 11.9. The van der Waals surface area contributed by atoms with Crippen molar-refractivity contribution < 1.29 is 17.2 Å². The van der Waals surface area contributed by atoms with E-state index < -0.39 is 15.8 Å². The molecule has 1 aliphatic carbocycles. The Bertz CT molecular complexity index is 1820. The maximum absolute atomic E-state index is 14.5. The SMILES string of the molecule is Cc1ccc(S(=O)(=O)n2cc(-c3ncc(F)c(C4CC4)n3)c3cc(-c4nnc(NC(C)(C)C)o4)ccc32)cc1. The van der Waals surface area contributed by atoms with Gasteiger partial charge in [-0.3, -0.25) is 0 Å². The van der Waals surface area contributed by atoms with Crippen LogP contribution in [-0.2, 0) is 10.0 Å². The molecule has 0 bridgehead atoms. The van der Waals surface area contributed by atoms with Crippen molar-refractivity contribution in [2.24, 2.45) is 0 Å². The van der Waals surface area contributed by atoms with Gasteiger partial charge in [-0.25, -0.2) is 26.7 Å². The third kappa shape index (κ3) is 4.78.